The summed E-state index contributed by atoms with van der Waals surface area (Å²) in [5, 5.41) is 19.0. The minimum atomic E-state index is -0.739. The van der Waals surface area contributed by atoms with Crippen LogP contribution in [-0.4, -0.2) is 33.6 Å². The summed E-state index contributed by atoms with van der Waals surface area (Å²) in [4.78, 5) is 23.4. The van der Waals surface area contributed by atoms with Crippen molar-refractivity contribution >= 4 is 28.3 Å². The number of carbonyl (C=O) groups is 1. The summed E-state index contributed by atoms with van der Waals surface area (Å²) >= 11 is 0. The van der Waals surface area contributed by atoms with Crippen LogP contribution < -0.4 is 68.4 Å². The Morgan fingerprint density at radius 2 is 2.03 bits per heavy atom. The molecule has 10 heteroatoms. The van der Waals surface area contributed by atoms with Crippen LogP contribution in [0.3, 0.4) is 0 Å². The van der Waals surface area contributed by atoms with Crippen molar-refractivity contribution in [1.82, 2.24) is 14.8 Å². The van der Waals surface area contributed by atoms with E-state index in [1.54, 1.807) is 0 Å². The minimum Gasteiger partial charge on any atom is -0.467 e. The number of nitrogens with one attached hydrogen (secondary N) is 2. The van der Waals surface area contributed by atoms with Crippen molar-refractivity contribution in [2.45, 2.75) is 39.2 Å². The first-order valence-electron chi connectivity index (χ1n) is 9.76. The third kappa shape index (κ3) is 5.26. The maximum atomic E-state index is 12.6. The third-order valence-electron chi connectivity index (χ3n) is 5.12. The molecule has 1 aliphatic carbocycles. The van der Waals surface area contributed by atoms with Crippen LogP contribution in [-0.2, 0) is 6.42 Å². The Labute approximate surface area is 222 Å². The number of nitrogens with two attached hydrogens (primary N) is 2. The predicted octanol–water partition coefficient (Wildman–Crippen LogP) is -0.361. The Kier molecular flexibility index (Phi) is 8.61. The van der Waals surface area contributed by atoms with Gasteiger partial charge >= 0.3 is 51.4 Å². The number of amidine groups is 1. The van der Waals surface area contributed by atoms with Crippen molar-refractivity contribution in [3.8, 4) is 0 Å². The molecule has 9 nitrogen and oxygen atoms in total. The van der Waals surface area contributed by atoms with Crippen LogP contribution in [0.1, 0.15) is 53.1 Å². The molecule has 0 aliphatic heterocycles. The zero-order valence-electron chi connectivity index (χ0n) is 18.3. The van der Waals surface area contributed by atoms with Gasteiger partial charge < -0.3 is 26.4 Å². The second-order valence-corrected chi connectivity index (χ2v) is 7.23. The maximum absolute atomic E-state index is 12.6. The number of hydrogen-bond acceptors (Lipinski definition) is 4. The number of aromatic nitrogens is 3. The summed E-state index contributed by atoms with van der Waals surface area (Å²) in [6.07, 6.45) is 3.24. The van der Waals surface area contributed by atoms with E-state index in [2.05, 4.69) is 28.5 Å². The van der Waals surface area contributed by atoms with E-state index in [-0.39, 0.29) is 79.9 Å². The number of amides is 1. The first kappa shape index (κ1) is 25.3. The standard InChI is InChI=1S/C15H17NO.C6H10N6O.K/c1-3-12-9-11-6-4-5-10(2)14(11)15(17)16(12)13-7-8-13;1-10-6-2(4(7)8)3(5(9)13)11-12-6;/h4-6,9,13H,3,7-8H2,1-2H3;1H3,(H7,7,8,9,10,11,12,13);/q;;+1/p-1. The molecule has 2 aromatic heterocycles. The van der Waals surface area contributed by atoms with Crippen LogP contribution in [0.15, 0.2) is 29.1 Å². The number of hydrogen-bond donors (Lipinski definition) is 4. The fourth-order valence-electron chi connectivity index (χ4n) is 3.54. The normalized spacial score (nSPS) is 12.5. The molecule has 0 atom stereocenters. The van der Waals surface area contributed by atoms with Gasteiger partial charge in [0.15, 0.2) is 0 Å². The molecular weight excluding hydrogens is 421 g/mol. The van der Waals surface area contributed by atoms with Crippen LogP contribution in [0.4, 0.5) is 5.82 Å². The first-order chi connectivity index (χ1) is 14.3. The predicted molar refractivity (Wildman–Crippen MR) is 118 cm³/mol. The second-order valence-electron chi connectivity index (χ2n) is 7.23. The molecule has 0 bridgehead atoms. The van der Waals surface area contributed by atoms with Crippen molar-refractivity contribution in [3.63, 3.8) is 0 Å². The summed E-state index contributed by atoms with van der Waals surface area (Å²) in [6.45, 7) is 4.14. The number of nitrogens with zero attached hydrogens (tertiary/aromatic N) is 3. The van der Waals surface area contributed by atoms with Crippen LogP contribution in [0.5, 0.6) is 0 Å². The van der Waals surface area contributed by atoms with E-state index in [0.717, 1.165) is 35.6 Å². The molecular formula is C21H26KN7O2. The number of carbonyl (C=O) groups excluding carboxylic acids is 1. The monoisotopic (exact) mass is 447 g/mol. The summed E-state index contributed by atoms with van der Waals surface area (Å²) in [5.41, 5.74) is 12.8. The molecule has 1 aliphatic rings. The van der Waals surface area contributed by atoms with Crippen LogP contribution in [0, 0.1) is 12.3 Å². The molecule has 31 heavy (non-hydrogen) atoms. The maximum Gasteiger partial charge on any atom is 1.00 e. The van der Waals surface area contributed by atoms with Gasteiger partial charge in [-0.3, -0.25) is 20.1 Å². The van der Waals surface area contributed by atoms with Crippen molar-refractivity contribution in [2.24, 2.45) is 11.5 Å². The van der Waals surface area contributed by atoms with E-state index in [9.17, 15) is 9.59 Å². The van der Waals surface area contributed by atoms with E-state index in [0.29, 0.717) is 6.04 Å². The van der Waals surface area contributed by atoms with E-state index >= 15 is 0 Å². The molecule has 158 valence electrons. The van der Waals surface area contributed by atoms with E-state index < -0.39 is 5.91 Å². The summed E-state index contributed by atoms with van der Waals surface area (Å²) in [5.74, 6) is -0.749. The number of pyridine rings is 1. The zero-order chi connectivity index (χ0) is 22.0. The van der Waals surface area contributed by atoms with E-state index in [1.807, 2.05) is 29.7 Å². The number of rotatable bonds is 5. The molecule has 1 saturated carbocycles. The first-order valence-corrected chi connectivity index (χ1v) is 9.76. The van der Waals surface area contributed by atoms with E-state index in [1.165, 1.54) is 12.7 Å². The number of nitrogen functional groups attached to an aromatic ring is 1. The fraction of sp³-hybridized carbons (Fsp3) is 0.333. The van der Waals surface area contributed by atoms with Crippen LogP contribution in [0.25, 0.3) is 16.1 Å². The quantitative estimate of drug-likeness (QED) is 0.239. The molecule has 0 saturated heterocycles. The zero-order valence-corrected chi connectivity index (χ0v) is 21.4. The molecule has 0 spiro atoms. The number of primary amides is 1. The van der Waals surface area contributed by atoms with E-state index in [4.69, 9.17) is 16.9 Å². The Morgan fingerprint density at radius 1 is 1.35 bits per heavy atom. The van der Waals surface area contributed by atoms with Crippen molar-refractivity contribution in [1.29, 1.82) is 5.41 Å². The average molecular weight is 448 g/mol. The molecule has 0 radical (unpaired) electrons. The molecule has 6 N–H and O–H groups in total. The van der Waals surface area contributed by atoms with Gasteiger partial charge in [-0.15, -0.1) is 0 Å². The molecule has 4 rings (SSSR count). The summed E-state index contributed by atoms with van der Waals surface area (Å²) in [7, 11) is 1.49. The molecule has 1 fully saturated rings. The third-order valence-corrected chi connectivity index (χ3v) is 5.12. The van der Waals surface area contributed by atoms with Gasteiger partial charge in [0, 0.05) is 17.3 Å². The van der Waals surface area contributed by atoms with Crippen molar-refractivity contribution in [3.05, 3.63) is 62.5 Å². The number of benzene rings is 1. The number of fused-ring (bicyclic) bond motifs is 1. The molecule has 1 amide bonds. The molecule has 0 unspecified atom stereocenters. The molecule has 1 aromatic carbocycles. The minimum absolute atomic E-state index is 0. The largest absolute Gasteiger partial charge is 1.00 e. The smallest absolute Gasteiger partial charge is 0.467 e. The number of aromatic amines is 1. The van der Waals surface area contributed by atoms with Gasteiger partial charge in [-0.1, -0.05) is 32.2 Å². The van der Waals surface area contributed by atoms with Crippen molar-refractivity contribution < 1.29 is 56.2 Å². The van der Waals surface area contributed by atoms with Gasteiger partial charge in [-0.05, 0) is 49.0 Å². The topological polar surface area (TPSA) is 158 Å². The Balaban J connectivity index is 0.000000222. The molecule has 3 aromatic rings. The van der Waals surface area contributed by atoms with Crippen LogP contribution >= 0.6 is 0 Å². The fourth-order valence-corrected chi connectivity index (χ4v) is 3.54. The van der Waals surface area contributed by atoms with Gasteiger partial charge in [-0.2, -0.15) is 0 Å². The number of aryl methyl sites for hydroxylation is 2. The molecule has 2 heterocycles. The van der Waals surface area contributed by atoms with Gasteiger partial charge in [0.05, 0.1) is 5.39 Å². The van der Waals surface area contributed by atoms with Gasteiger partial charge in [-0.25, -0.2) is 0 Å². The van der Waals surface area contributed by atoms with Gasteiger partial charge in [0.25, 0.3) is 11.5 Å². The Hall–Kier alpha value is -1.98. The average Bonchev–Trinajstić information content (AvgIpc) is 3.43. The Morgan fingerprint density at radius 3 is 2.55 bits per heavy atom. The second kappa shape index (κ2) is 10.6. The van der Waals surface area contributed by atoms with Gasteiger partial charge in [0.2, 0.25) is 0 Å². The van der Waals surface area contributed by atoms with Crippen LogP contribution in [0.2, 0.25) is 0 Å². The van der Waals surface area contributed by atoms with Crippen molar-refractivity contribution in [2.75, 3.05) is 7.05 Å². The SMILES string of the molecule is CCc1cc2cccc(C)c2c(=O)n1C1CC1.C[N-]c1[nH]nc(C(N)=O)c1C(=N)N.[K+]. The number of H-pyrrole nitrogens is 1. The Bertz CT molecular complexity index is 1180. The summed E-state index contributed by atoms with van der Waals surface area (Å²) < 4.78 is 2.02. The summed E-state index contributed by atoms with van der Waals surface area (Å²) in [6, 6.07) is 8.73. The van der Waals surface area contributed by atoms with Gasteiger partial charge in [0.1, 0.15) is 11.5 Å².